The second-order valence-corrected chi connectivity index (χ2v) is 8.05. The minimum Gasteiger partial charge on any atom is -0.420 e. The topological polar surface area (TPSA) is 170 Å². The number of carbonyl (C=O) groups excluding carboxylic acids is 1. The normalized spacial score (nSPS) is 17.1. The number of morpholine rings is 1. The largest absolute Gasteiger partial charge is 0.420 e. The molecule has 0 unspecified atom stereocenters. The summed E-state index contributed by atoms with van der Waals surface area (Å²) in [6.45, 7) is 1.63. The number of H-pyrrole nitrogens is 1. The molecule has 12 nitrogen and oxygen atoms in total. The number of nitro groups is 1. The first-order chi connectivity index (χ1) is 17.5. The lowest BCUT2D eigenvalue weighted by Gasteiger charge is -2.28. The monoisotopic (exact) mass is 488 g/mol. The Morgan fingerprint density at radius 1 is 1.25 bits per heavy atom. The van der Waals surface area contributed by atoms with Crippen LogP contribution in [0.2, 0.25) is 0 Å². The highest BCUT2D eigenvalue weighted by atomic mass is 16.6. The molecule has 5 rings (SSSR count). The molecule has 1 amide bonds. The van der Waals surface area contributed by atoms with Crippen molar-refractivity contribution < 1.29 is 23.9 Å². The van der Waals surface area contributed by atoms with Gasteiger partial charge < -0.3 is 24.8 Å². The van der Waals surface area contributed by atoms with Crippen LogP contribution in [0, 0.1) is 21.4 Å². The summed E-state index contributed by atoms with van der Waals surface area (Å²) < 4.78 is 16.7. The van der Waals surface area contributed by atoms with E-state index in [1.54, 1.807) is 36.4 Å². The number of aromatic nitrogens is 2. The maximum atomic E-state index is 12.8. The molecule has 0 radical (unpaired) electrons. The lowest BCUT2D eigenvalue weighted by Crippen LogP contribution is -2.42. The Hall–Kier alpha value is -4.89. The van der Waals surface area contributed by atoms with Crippen LogP contribution in [0.25, 0.3) is 11.3 Å². The van der Waals surface area contributed by atoms with Crippen molar-refractivity contribution in [1.29, 1.82) is 5.26 Å². The summed E-state index contributed by atoms with van der Waals surface area (Å²) >= 11 is 0. The van der Waals surface area contributed by atoms with Crippen LogP contribution in [0.1, 0.15) is 17.0 Å². The average molecular weight is 488 g/mol. The zero-order valence-corrected chi connectivity index (χ0v) is 18.8. The summed E-state index contributed by atoms with van der Waals surface area (Å²) in [5.74, 6) is -0.604. The first-order valence-electron chi connectivity index (χ1n) is 11.0. The number of hydrogen-bond donors (Lipinski definition) is 2. The van der Waals surface area contributed by atoms with E-state index in [1.807, 2.05) is 0 Å². The van der Waals surface area contributed by atoms with Gasteiger partial charge in [0.25, 0.3) is 5.69 Å². The van der Waals surface area contributed by atoms with Crippen LogP contribution in [-0.4, -0.2) is 52.4 Å². The Bertz CT molecular complexity index is 1420. The first kappa shape index (κ1) is 22.9. The van der Waals surface area contributed by atoms with E-state index in [0.29, 0.717) is 48.7 Å². The van der Waals surface area contributed by atoms with Crippen molar-refractivity contribution in [2.24, 2.45) is 5.73 Å². The highest BCUT2D eigenvalue weighted by Gasteiger charge is 2.37. The van der Waals surface area contributed by atoms with Crippen molar-refractivity contribution >= 4 is 11.8 Å². The number of rotatable bonds is 4. The van der Waals surface area contributed by atoms with Crippen LogP contribution in [-0.2, 0) is 4.74 Å². The number of allylic oxidation sites excluding steroid dienone is 1. The molecule has 1 aromatic heterocycles. The van der Waals surface area contributed by atoms with Gasteiger partial charge in [0, 0.05) is 36.3 Å². The number of aromatic amines is 1. The summed E-state index contributed by atoms with van der Waals surface area (Å²) in [5, 5.41) is 28.4. The van der Waals surface area contributed by atoms with E-state index in [9.17, 15) is 20.2 Å². The fourth-order valence-corrected chi connectivity index (χ4v) is 4.27. The van der Waals surface area contributed by atoms with Gasteiger partial charge in [-0.2, -0.15) is 5.26 Å². The van der Waals surface area contributed by atoms with E-state index < -0.39 is 16.9 Å². The van der Waals surface area contributed by atoms with Crippen molar-refractivity contribution in [3.63, 3.8) is 0 Å². The number of benzene rings is 2. The van der Waals surface area contributed by atoms with Gasteiger partial charge in [-0.25, -0.2) is 4.79 Å². The highest BCUT2D eigenvalue weighted by Crippen LogP contribution is 2.48. The molecule has 0 bridgehead atoms. The molecule has 0 aliphatic carbocycles. The molecule has 1 atom stereocenters. The Labute approximate surface area is 204 Å². The minimum atomic E-state index is -0.819. The lowest BCUT2D eigenvalue weighted by molar-refractivity contribution is -0.384. The van der Waals surface area contributed by atoms with Gasteiger partial charge in [0.2, 0.25) is 11.8 Å². The minimum absolute atomic E-state index is 0.0884. The van der Waals surface area contributed by atoms with Gasteiger partial charge in [0.1, 0.15) is 17.4 Å². The third kappa shape index (κ3) is 4.08. The SMILES string of the molecule is N#CC1=C(N)Oc2n[nH]c(-c3cccc([N+](=O)[O-])c3)c2[C@@H]1c1ccccc1OC(=O)N1CCOCC1. The van der Waals surface area contributed by atoms with Crippen LogP contribution in [0.4, 0.5) is 10.5 Å². The summed E-state index contributed by atoms with van der Waals surface area (Å²) in [5.41, 5.74) is 7.85. The number of nitrogens with two attached hydrogens (primary N) is 1. The number of hydrogen-bond acceptors (Lipinski definition) is 9. The maximum absolute atomic E-state index is 12.8. The molecule has 2 aliphatic heterocycles. The van der Waals surface area contributed by atoms with Crippen molar-refractivity contribution in [1.82, 2.24) is 15.1 Å². The van der Waals surface area contributed by atoms with Gasteiger partial charge in [-0.15, -0.1) is 5.10 Å². The molecule has 0 saturated carbocycles. The molecule has 3 aromatic rings. The van der Waals surface area contributed by atoms with E-state index in [4.69, 9.17) is 19.9 Å². The molecule has 3 N–H and O–H groups in total. The van der Waals surface area contributed by atoms with Gasteiger partial charge >= 0.3 is 6.09 Å². The quantitative estimate of drug-likeness (QED) is 0.414. The number of carbonyl (C=O) groups is 1. The number of ether oxygens (including phenoxy) is 3. The molecule has 1 saturated heterocycles. The fraction of sp³-hybridized carbons (Fsp3) is 0.208. The van der Waals surface area contributed by atoms with Crippen LogP contribution < -0.4 is 15.2 Å². The summed E-state index contributed by atoms with van der Waals surface area (Å²) in [6.07, 6.45) is -0.542. The third-order valence-corrected chi connectivity index (χ3v) is 5.98. The molecule has 182 valence electrons. The second-order valence-electron chi connectivity index (χ2n) is 8.05. The van der Waals surface area contributed by atoms with E-state index in [0.717, 1.165) is 0 Å². The van der Waals surface area contributed by atoms with E-state index in [2.05, 4.69) is 16.3 Å². The third-order valence-electron chi connectivity index (χ3n) is 5.98. The second kappa shape index (κ2) is 9.40. The smallest absolute Gasteiger partial charge is 0.415 e. The number of nitrogens with one attached hydrogen (secondary N) is 1. The fourth-order valence-electron chi connectivity index (χ4n) is 4.27. The Morgan fingerprint density at radius 3 is 2.78 bits per heavy atom. The number of amides is 1. The maximum Gasteiger partial charge on any atom is 0.415 e. The lowest BCUT2D eigenvalue weighted by atomic mass is 9.82. The molecule has 2 aromatic carbocycles. The zero-order valence-electron chi connectivity index (χ0n) is 18.8. The van der Waals surface area contributed by atoms with Gasteiger partial charge in [-0.3, -0.25) is 15.2 Å². The summed E-state index contributed by atoms with van der Waals surface area (Å²) in [4.78, 5) is 25.2. The van der Waals surface area contributed by atoms with Crippen molar-refractivity contribution in [2.45, 2.75) is 5.92 Å². The van der Waals surface area contributed by atoms with Crippen molar-refractivity contribution in [3.05, 3.63) is 81.2 Å². The molecule has 3 heterocycles. The van der Waals surface area contributed by atoms with Crippen molar-refractivity contribution in [2.75, 3.05) is 26.3 Å². The van der Waals surface area contributed by atoms with Gasteiger partial charge in [0.15, 0.2) is 0 Å². The summed E-state index contributed by atoms with van der Waals surface area (Å²) in [6, 6.07) is 14.9. The van der Waals surface area contributed by atoms with Crippen LogP contribution in [0.5, 0.6) is 11.6 Å². The predicted octanol–water partition coefficient (Wildman–Crippen LogP) is 3.03. The molecule has 12 heteroatoms. The standard InChI is InChI=1S/C24H20N6O6/c25-13-17-19(16-6-1-2-7-18(16)35-24(31)29-8-10-34-11-9-29)20-21(27-28-23(20)36-22(17)26)14-4-3-5-15(12-14)30(32)33/h1-7,12,19H,8-11,26H2,(H,27,28)/t19-/m1/s1. The molecular formula is C24H20N6O6. The molecule has 1 fully saturated rings. The van der Waals surface area contributed by atoms with Crippen LogP contribution in [0.15, 0.2) is 60.0 Å². The van der Waals surface area contributed by atoms with Crippen LogP contribution in [0.3, 0.4) is 0 Å². The zero-order chi connectivity index (χ0) is 25.2. The van der Waals surface area contributed by atoms with E-state index in [-0.39, 0.29) is 28.8 Å². The number of fused-ring (bicyclic) bond motifs is 1. The van der Waals surface area contributed by atoms with Gasteiger partial charge in [-0.1, -0.05) is 30.3 Å². The number of non-ortho nitro benzene ring substituents is 1. The Morgan fingerprint density at radius 2 is 2.03 bits per heavy atom. The number of para-hydroxylation sites is 1. The van der Waals surface area contributed by atoms with Gasteiger partial charge in [-0.05, 0) is 6.07 Å². The molecule has 2 aliphatic rings. The van der Waals surface area contributed by atoms with E-state index >= 15 is 0 Å². The van der Waals surface area contributed by atoms with Crippen molar-refractivity contribution in [3.8, 4) is 29.0 Å². The molecule has 0 spiro atoms. The highest BCUT2D eigenvalue weighted by molar-refractivity contribution is 5.75. The van der Waals surface area contributed by atoms with Crippen LogP contribution >= 0.6 is 0 Å². The summed E-state index contributed by atoms with van der Waals surface area (Å²) in [7, 11) is 0. The number of nitriles is 1. The Balaban J connectivity index is 1.62. The first-order valence-corrected chi connectivity index (χ1v) is 11.0. The average Bonchev–Trinajstić information content (AvgIpc) is 3.32. The van der Waals surface area contributed by atoms with E-state index in [1.165, 1.54) is 17.0 Å². The number of nitro benzene ring substituents is 1. The molecular weight excluding hydrogens is 468 g/mol. The predicted molar refractivity (Wildman–Crippen MR) is 125 cm³/mol. The van der Waals surface area contributed by atoms with Gasteiger partial charge in [0.05, 0.1) is 35.3 Å². The molecule has 36 heavy (non-hydrogen) atoms. The Kier molecular flexibility index (Phi) is 5.97. The number of nitrogens with zero attached hydrogens (tertiary/aromatic N) is 4.